The standard InChI is InChI=1S/C21H24F3N3O2/c1-15(19(16-6-3-2-4-7-16)27-10-12-29-13-11-27)25-20(28)26-18-9-5-8-17(14-18)21(22,23)24/h2-9,14-15,19H,10-13H2,1H3,(H2,25,26,28)/t15-,19-/m0/s1. The number of amides is 2. The van der Waals surface area contributed by atoms with Crippen molar-refractivity contribution in [2.24, 2.45) is 0 Å². The van der Waals surface area contributed by atoms with Crippen molar-refractivity contribution in [3.8, 4) is 0 Å². The van der Waals surface area contributed by atoms with Gasteiger partial charge in [-0.1, -0.05) is 36.4 Å². The van der Waals surface area contributed by atoms with E-state index in [0.29, 0.717) is 13.2 Å². The number of alkyl halides is 3. The maximum absolute atomic E-state index is 12.9. The zero-order valence-corrected chi connectivity index (χ0v) is 16.1. The number of morpholine rings is 1. The van der Waals surface area contributed by atoms with Crippen molar-refractivity contribution in [2.75, 3.05) is 31.6 Å². The normalized spacial score (nSPS) is 17.4. The van der Waals surface area contributed by atoms with Crippen LogP contribution in [0.2, 0.25) is 0 Å². The molecule has 156 valence electrons. The molecular weight excluding hydrogens is 383 g/mol. The lowest BCUT2D eigenvalue weighted by atomic mass is 9.98. The van der Waals surface area contributed by atoms with E-state index in [4.69, 9.17) is 4.74 Å². The predicted molar refractivity (Wildman–Crippen MR) is 105 cm³/mol. The second kappa shape index (κ2) is 9.28. The fourth-order valence-corrected chi connectivity index (χ4v) is 3.55. The van der Waals surface area contributed by atoms with Gasteiger partial charge in [0.05, 0.1) is 24.8 Å². The number of anilines is 1. The molecule has 5 nitrogen and oxygen atoms in total. The van der Waals surface area contributed by atoms with Gasteiger partial charge in [-0.2, -0.15) is 13.2 Å². The molecule has 2 N–H and O–H groups in total. The largest absolute Gasteiger partial charge is 0.416 e. The first-order chi connectivity index (χ1) is 13.8. The van der Waals surface area contributed by atoms with Crippen LogP contribution in [0.25, 0.3) is 0 Å². The summed E-state index contributed by atoms with van der Waals surface area (Å²) in [5.41, 5.74) is 0.340. The Morgan fingerprint density at radius 3 is 2.41 bits per heavy atom. The van der Waals surface area contributed by atoms with E-state index in [1.807, 2.05) is 37.3 Å². The number of hydrogen-bond acceptors (Lipinski definition) is 3. The SMILES string of the molecule is C[C@H](NC(=O)Nc1cccc(C(F)(F)F)c1)[C@@H](c1ccccc1)N1CCOCC1. The van der Waals surface area contributed by atoms with Gasteiger partial charge >= 0.3 is 12.2 Å². The Balaban J connectivity index is 1.70. The van der Waals surface area contributed by atoms with Crippen molar-refractivity contribution in [3.63, 3.8) is 0 Å². The molecule has 1 aliphatic heterocycles. The highest BCUT2D eigenvalue weighted by Crippen LogP contribution is 2.31. The molecule has 0 aliphatic carbocycles. The van der Waals surface area contributed by atoms with E-state index in [9.17, 15) is 18.0 Å². The number of hydrogen-bond donors (Lipinski definition) is 2. The third kappa shape index (κ3) is 5.71. The third-order valence-corrected chi connectivity index (χ3v) is 4.86. The van der Waals surface area contributed by atoms with Crippen molar-refractivity contribution in [1.29, 1.82) is 0 Å². The number of rotatable bonds is 5. The second-order valence-corrected chi connectivity index (χ2v) is 6.97. The van der Waals surface area contributed by atoms with E-state index >= 15 is 0 Å². The monoisotopic (exact) mass is 407 g/mol. The Kier molecular flexibility index (Phi) is 6.76. The van der Waals surface area contributed by atoms with Crippen molar-refractivity contribution < 1.29 is 22.7 Å². The maximum atomic E-state index is 12.9. The molecule has 2 aromatic carbocycles. The van der Waals surface area contributed by atoms with E-state index < -0.39 is 17.8 Å². The maximum Gasteiger partial charge on any atom is 0.416 e. The molecule has 1 fully saturated rings. The number of nitrogens with zero attached hydrogens (tertiary/aromatic N) is 1. The van der Waals surface area contributed by atoms with Crippen LogP contribution in [-0.2, 0) is 10.9 Å². The molecule has 0 saturated carbocycles. The van der Waals surface area contributed by atoms with Crippen LogP contribution in [0.5, 0.6) is 0 Å². The summed E-state index contributed by atoms with van der Waals surface area (Å²) in [6.45, 7) is 4.60. The van der Waals surface area contributed by atoms with Gasteiger partial charge in [0, 0.05) is 24.8 Å². The number of ether oxygens (including phenoxy) is 1. The summed E-state index contributed by atoms with van der Waals surface area (Å²) in [6.07, 6.45) is -4.46. The van der Waals surface area contributed by atoms with E-state index in [1.165, 1.54) is 12.1 Å². The summed E-state index contributed by atoms with van der Waals surface area (Å²) in [5.74, 6) is 0. The molecule has 8 heteroatoms. The van der Waals surface area contributed by atoms with E-state index in [0.717, 1.165) is 30.8 Å². The molecule has 0 spiro atoms. The fourth-order valence-electron chi connectivity index (χ4n) is 3.55. The zero-order chi connectivity index (χ0) is 20.9. The summed E-state index contributed by atoms with van der Waals surface area (Å²) < 4.78 is 44.0. The molecule has 1 heterocycles. The number of carbonyl (C=O) groups excluding carboxylic acids is 1. The van der Waals surface area contributed by atoms with Gasteiger partial charge in [-0.25, -0.2) is 4.79 Å². The Morgan fingerprint density at radius 1 is 1.07 bits per heavy atom. The second-order valence-electron chi connectivity index (χ2n) is 6.97. The number of halogens is 3. The summed E-state index contributed by atoms with van der Waals surface area (Å²) >= 11 is 0. The highest BCUT2D eigenvalue weighted by Gasteiger charge is 2.31. The zero-order valence-electron chi connectivity index (χ0n) is 16.1. The predicted octanol–water partition coefficient (Wildman–Crippen LogP) is 4.29. The Morgan fingerprint density at radius 2 is 1.76 bits per heavy atom. The lowest BCUT2D eigenvalue weighted by Crippen LogP contribution is -2.49. The minimum Gasteiger partial charge on any atom is -0.379 e. The quantitative estimate of drug-likeness (QED) is 0.778. The van der Waals surface area contributed by atoms with E-state index in [2.05, 4.69) is 15.5 Å². The molecule has 2 amide bonds. The minimum absolute atomic E-state index is 0.0765. The van der Waals surface area contributed by atoms with Crippen LogP contribution in [0.1, 0.15) is 24.1 Å². The lowest BCUT2D eigenvalue weighted by Gasteiger charge is -2.38. The molecule has 3 rings (SSSR count). The fraction of sp³-hybridized carbons (Fsp3) is 0.381. The highest BCUT2D eigenvalue weighted by molar-refractivity contribution is 5.89. The number of benzene rings is 2. The van der Waals surface area contributed by atoms with E-state index in [1.54, 1.807) is 0 Å². The van der Waals surface area contributed by atoms with Gasteiger partial charge in [0.15, 0.2) is 0 Å². The molecule has 0 radical (unpaired) electrons. The van der Waals surface area contributed by atoms with Gasteiger partial charge in [-0.15, -0.1) is 0 Å². The van der Waals surface area contributed by atoms with Gasteiger partial charge in [0.1, 0.15) is 0 Å². The summed E-state index contributed by atoms with van der Waals surface area (Å²) in [6, 6.07) is 13.5. The molecule has 1 saturated heterocycles. The van der Waals surface area contributed by atoms with Gasteiger partial charge in [-0.05, 0) is 30.7 Å². The first kappa shape index (κ1) is 21.1. The smallest absolute Gasteiger partial charge is 0.379 e. The molecular formula is C21H24F3N3O2. The average Bonchev–Trinajstić information content (AvgIpc) is 2.69. The molecule has 2 atom stereocenters. The van der Waals surface area contributed by atoms with Crippen LogP contribution in [-0.4, -0.2) is 43.3 Å². The Labute approximate surface area is 167 Å². The molecule has 0 unspecified atom stereocenters. The summed E-state index contributed by atoms with van der Waals surface area (Å²) in [4.78, 5) is 14.7. The first-order valence-corrected chi connectivity index (χ1v) is 9.46. The number of carbonyl (C=O) groups is 1. The van der Waals surface area contributed by atoms with Crippen LogP contribution < -0.4 is 10.6 Å². The van der Waals surface area contributed by atoms with Crippen LogP contribution in [0.3, 0.4) is 0 Å². The van der Waals surface area contributed by atoms with Crippen molar-refractivity contribution in [3.05, 3.63) is 65.7 Å². The van der Waals surface area contributed by atoms with Crippen molar-refractivity contribution in [1.82, 2.24) is 10.2 Å². The topological polar surface area (TPSA) is 53.6 Å². The van der Waals surface area contributed by atoms with Crippen LogP contribution >= 0.6 is 0 Å². The highest BCUT2D eigenvalue weighted by atomic mass is 19.4. The van der Waals surface area contributed by atoms with Crippen LogP contribution in [0.15, 0.2) is 54.6 Å². The van der Waals surface area contributed by atoms with Gasteiger partial charge in [0.25, 0.3) is 0 Å². The number of nitrogens with one attached hydrogen (secondary N) is 2. The van der Waals surface area contributed by atoms with Gasteiger partial charge in [0.2, 0.25) is 0 Å². The van der Waals surface area contributed by atoms with Gasteiger partial charge < -0.3 is 15.4 Å². The Hall–Kier alpha value is -2.58. The third-order valence-electron chi connectivity index (χ3n) is 4.86. The minimum atomic E-state index is -4.46. The molecule has 0 bridgehead atoms. The molecule has 29 heavy (non-hydrogen) atoms. The average molecular weight is 407 g/mol. The van der Waals surface area contributed by atoms with Crippen molar-refractivity contribution in [2.45, 2.75) is 25.2 Å². The summed E-state index contributed by atoms with van der Waals surface area (Å²) in [7, 11) is 0. The molecule has 1 aliphatic rings. The summed E-state index contributed by atoms with van der Waals surface area (Å²) in [5, 5.41) is 5.37. The van der Waals surface area contributed by atoms with Crippen molar-refractivity contribution >= 4 is 11.7 Å². The lowest BCUT2D eigenvalue weighted by molar-refractivity contribution is -0.137. The van der Waals surface area contributed by atoms with Crippen LogP contribution in [0.4, 0.5) is 23.7 Å². The molecule has 0 aromatic heterocycles. The molecule has 2 aromatic rings. The van der Waals surface area contributed by atoms with Crippen LogP contribution in [0, 0.1) is 0 Å². The van der Waals surface area contributed by atoms with E-state index in [-0.39, 0.29) is 17.8 Å². The first-order valence-electron chi connectivity index (χ1n) is 9.46. The number of urea groups is 1. The Bertz CT molecular complexity index is 808. The van der Waals surface area contributed by atoms with Gasteiger partial charge in [-0.3, -0.25) is 4.90 Å².